The average molecular weight is 384 g/mol. The van der Waals surface area contributed by atoms with E-state index in [4.69, 9.17) is 11.6 Å². The molecule has 6 atom stereocenters. The summed E-state index contributed by atoms with van der Waals surface area (Å²) in [5.74, 6) is 3.92. The van der Waals surface area contributed by atoms with Gasteiger partial charge in [-0.25, -0.2) is 0 Å². The summed E-state index contributed by atoms with van der Waals surface area (Å²) in [4.78, 5) is 0. The standard InChI is InChI=1S/C25H34ClN/c1-16(27-23-10-17-2-3-20(23)9-17)24-11-18-8-19(12-24)14-25(13-18,15-24)21-4-6-22(26)7-5-21/h4-7,16-20,23,27H,2-3,8-15H2,1H3/t16-,17-,18+,19+,20-,23-,24?,25?/m1/s1. The van der Waals surface area contributed by atoms with Crippen LogP contribution < -0.4 is 5.32 Å². The van der Waals surface area contributed by atoms with Crippen LogP contribution >= 0.6 is 11.6 Å². The minimum absolute atomic E-state index is 0.430. The van der Waals surface area contributed by atoms with E-state index < -0.39 is 0 Å². The summed E-state index contributed by atoms with van der Waals surface area (Å²) in [6, 6.07) is 10.4. The molecule has 0 radical (unpaired) electrons. The summed E-state index contributed by atoms with van der Waals surface area (Å²) in [6.07, 6.45) is 14.7. The van der Waals surface area contributed by atoms with E-state index in [1.54, 1.807) is 5.56 Å². The quantitative estimate of drug-likeness (QED) is 0.639. The van der Waals surface area contributed by atoms with Crippen LogP contribution in [-0.4, -0.2) is 12.1 Å². The molecule has 1 aromatic rings. The van der Waals surface area contributed by atoms with Gasteiger partial charge >= 0.3 is 0 Å². The minimum atomic E-state index is 0.430. The van der Waals surface area contributed by atoms with Gasteiger partial charge in [-0.05, 0) is 117 Å². The fourth-order valence-corrected chi connectivity index (χ4v) is 9.05. The molecular formula is C25H34ClN. The molecule has 7 rings (SSSR count). The van der Waals surface area contributed by atoms with Crippen LogP contribution in [0.4, 0.5) is 0 Å². The van der Waals surface area contributed by atoms with Crippen molar-refractivity contribution in [3.63, 3.8) is 0 Å². The van der Waals surface area contributed by atoms with Crippen molar-refractivity contribution in [3.05, 3.63) is 34.9 Å². The van der Waals surface area contributed by atoms with Gasteiger partial charge < -0.3 is 5.32 Å². The van der Waals surface area contributed by atoms with Gasteiger partial charge in [-0.1, -0.05) is 30.2 Å². The number of halogens is 1. The van der Waals surface area contributed by atoms with Crippen LogP contribution in [0.25, 0.3) is 0 Å². The highest BCUT2D eigenvalue weighted by Crippen LogP contribution is 2.67. The largest absolute Gasteiger partial charge is 0.311 e. The van der Waals surface area contributed by atoms with Gasteiger partial charge in [0.15, 0.2) is 0 Å². The van der Waals surface area contributed by atoms with Gasteiger partial charge in [0, 0.05) is 17.1 Å². The Bertz CT molecular complexity index is 710. The Morgan fingerprint density at radius 3 is 2.30 bits per heavy atom. The molecule has 1 nitrogen and oxygen atoms in total. The van der Waals surface area contributed by atoms with E-state index in [0.717, 1.165) is 34.7 Å². The molecule has 0 unspecified atom stereocenters. The zero-order chi connectivity index (χ0) is 18.2. The molecule has 6 aliphatic carbocycles. The predicted octanol–water partition coefficient (Wildman–Crippen LogP) is 6.34. The monoisotopic (exact) mass is 383 g/mol. The number of hydrogen-bond acceptors (Lipinski definition) is 1. The summed E-state index contributed by atoms with van der Waals surface area (Å²) in [5.41, 5.74) is 2.54. The van der Waals surface area contributed by atoms with Crippen LogP contribution in [0.2, 0.25) is 5.02 Å². The third kappa shape index (κ3) is 2.67. The van der Waals surface area contributed by atoms with E-state index in [-0.39, 0.29) is 0 Å². The second-order valence-corrected chi connectivity index (χ2v) is 11.7. The maximum absolute atomic E-state index is 6.21. The maximum Gasteiger partial charge on any atom is 0.0406 e. The van der Waals surface area contributed by atoms with E-state index in [1.165, 1.54) is 64.2 Å². The lowest BCUT2D eigenvalue weighted by atomic mass is 9.41. The molecule has 0 spiro atoms. The van der Waals surface area contributed by atoms with Gasteiger partial charge in [0.25, 0.3) is 0 Å². The first-order valence-corrected chi connectivity index (χ1v) is 11.9. The van der Waals surface area contributed by atoms with Crippen molar-refractivity contribution in [2.45, 2.75) is 88.6 Å². The Morgan fingerprint density at radius 1 is 0.926 bits per heavy atom. The summed E-state index contributed by atoms with van der Waals surface area (Å²) < 4.78 is 0. The molecule has 0 aliphatic heterocycles. The number of fused-ring (bicyclic) bond motifs is 2. The summed E-state index contributed by atoms with van der Waals surface area (Å²) in [7, 11) is 0. The summed E-state index contributed by atoms with van der Waals surface area (Å²) in [5, 5.41) is 5.10. The predicted molar refractivity (Wildman–Crippen MR) is 112 cm³/mol. The van der Waals surface area contributed by atoms with Crippen LogP contribution in [0.15, 0.2) is 24.3 Å². The number of nitrogens with one attached hydrogen (secondary N) is 1. The van der Waals surface area contributed by atoms with Crippen molar-refractivity contribution in [1.29, 1.82) is 0 Å². The molecule has 146 valence electrons. The van der Waals surface area contributed by atoms with Crippen LogP contribution in [0.5, 0.6) is 0 Å². The Balaban J connectivity index is 1.28. The first-order chi connectivity index (χ1) is 13.0. The molecule has 1 aromatic carbocycles. The molecule has 0 heterocycles. The van der Waals surface area contributed by atoms with Gasteiger partial charge in [-0.2, -0.15) is 0 Å². The van der Waals surface area contributed by atoms with Crippen molar-refractivity contribution < 1.29 is 0 Å². The van der Waals surface area contributed by atoms with Gasteiger partial charge in [0.1, 0.15) is 0 Å². The molecule has 2 heteroatoms. The summed E-state index contributed by atoms with van der Waals surface area (Å²) in [6.45, 7) is 2.55. The molecule has 0 amide bonds. The van der Waals surface area contributed by atoms with Crippen LogP contribution in [0.3, 0.4) is 0 Å². The van der Waals surface area contributed by atoms with Crippen LogP contribution in [0, 0.1) is 29.1 Å². The molecule has 6 saturated carbocycles. The van der Waals surface area contributed by atoms with Crippen molar-refractivity contribution in [2.24, 2.45) is 29.1 Å². The van der Waals surface area contributed by atoms with Crippen LogP contribution in [0.1, 0.15) is 76.7 Å². The molecule has 6 fully saturated rings. The van der Waals surface area contributed by atoms with Gasteiger partial charge in [0.05, 0.1) is 0 Å². The Labute approximate surface area is 169 Å². The highest BCUT2D eigenvalue weighted by atomic mass is 35.5. The zero-order valence-electron chi connectivity index (χ0n) is 16.7. The highest BCUT2D eigenvalue weighted by Gasteiger charge is 2.60. The molecule has 0 saturated heterocycles. The third-order valence-electron chi connectivity index (χ3n) is 9.68. The topological polar surface area (TPSA) is 12.0 Å². The van der Waals surface area contributed by atoms with Crippen molar-refractivity contribution in [1.82, 2.24) is 5.32 Å². The number of hydrogen-bond donors (Lipinski definition) is 1. The maximum atomic E-state index is 6.21. The van der Waals surface area contributed by atoms with Gasteiger partial charge in [-0.15, -0.1) is 0 Å². The first kappa shape index (κ1) is 17.3. The number of rotatable bonds is 4. The van der Waals surface area contributed by atoms with Crippen molar-refractivity contribution in [2.75, 3.05) is 0 Å². The second kappa shape index (κ2) is 5.99. The molecule has 0 aromatic heterocycles. The van der Waals surface area contributed by atoms with Gasteiger partial charge in [-0.3, -0.25) is 0 Å². The average Bonchev–Trinajstić information content (AvgIpc) is 3.24. The van der Waals surface area contributed by atoms with E-state index in [0.29, 0.717) is 16.9 Å². The lowest BCUT2D eigenvalue weighted by Gasteiger charge is -2.64. The SMILES string of the molecule is C[C@@H](N[C@@H]1C[C@@H]2CC[C@@H]1C2)C12C[C@@H]3C[C@H](CC(c4ccc(Cl)cc4)(C3)C1)C2. The zero-order valence-corrected chi connectivity index (χ0v) is 17.5. The fourth-order valence-electron chi connectivity index (χ4n) is 8.93. The van der Waals surface area contributed by atoms with E-state index in [9.17, 15) is 0 Å². The molecule has 6 aliphatic rings. The minimum Gasteiger partial charge on any atom is -0.311 e. The molecule has 27 heavy (non-hydrogen) atoms. The first-order valence-electron chi connectivity index (χ1n) is 11.6. The lowest BCUT2D eigenvalue weighted by molar-refractivity contribution is -0.0903. The number of benzene rings is 1. The highest BCUT2D eigenvalue weighted by molar-refractivity contribution is 6.30. The van der Waals surface area contributed by atoms with Gasteiger partial charge in [0.2, 0.25) is 0 Å². The molecular weight excluding hydrogens is 350 g/mol. The lowest BCUT2D eigenvalue weighted by Crippen LogP contribution is -2.61. The van der Waals surface area contributed by atoms with Crippen LogP contribution in [-0.2, 0) is 5.41 Å². The van der Waals surface area contributed by atoms with E-state index in [2.05, 4.69) is 36.5 Å². The Kier molecular flexibility index (Phi) is 3.84. The van der Waals surface area contributed by atoms with Crippen molar-refractivity contribution >= 4 is 11.6 Å². The Hall–Kier alpha value is -0.530. The third-order valence-corrected chi connectivity index (χ3v) is 9.94. The second-order valence-electron chi connectivity index (χ2n) is 11.3. The smallest absolute Gasteiger partial charge is 0.0406 e. The van der Waals surface area contributed by atoms with Crippen molar-refractivity contribution in [3.8, 4) is 0 Å². The Morgan fingerprint density at radius 2 is 1.67 bits per heavy atom. The normalized spacial score (nSPS) is 48.3. The molecule has 1 N–H and O–H groups in total. The van der Waals surface area contributed by atoms with E-state index >= 15 is 0 Å². The summed E-state index contributed by atoms with van der Waals surface area (Å²) >= 11 is 6.21. The van der Waals surface area contributed by atoms with E-state index in [1.807, 2.05) is 0 Å². The molecule has 6 bridgehead atoms. The fraction of sp³-hybridized carbons (Fsp3) is 0.760.